The summed E-state index contributed by atoms with van der Waals surface area (Å²) < 4.78 is 38.8. The number of halogens is 1. The van der Waals surface area contributed by atoms with E-state index in [9.17, 15) is 18.0 Å². The van der Waals surface area contributed by atoms with Crippen molar-refractivity contribution in [3.05, 3.63) is 34.9 Å². The lowest BCUT2D eigenvalue weighted by Gasteiger charge is -2.42. The van der Waals surface area contributed by atoms with Crippen LogP contribution in [0, 0.1) is 11.8 Å². The number of esters is 1. The second-order valence-electron chi connectivity index (χ2n) is 14.7. The van der Waals surface area contributed by atoms with Gasteiger partial charge >= 0.3 is 5.97 Å². The van der Waals surface area contributed by atoms with Gasteiger partial charge < -0.3 is 25.4 Å². The van der Waals surface area contributed by atoms with Crippen molar-refractivity contribution in [2.24, 2.45) is 11.8 Å². The van der Waals surface area contributed by atoms with Crippen molar-refractivity contribution in [2.45, 2.75) is 120 Å². The number of ether oxygens (including phenoxy) is 2. The maximum atomic E-state index is 14.5. The number of rotatable bonds is 13. The summed E-state index contributed by atoms with van der Waals surface area (Å²) in [4.78, 5) is 26.3. The Hall–Kier alpha value is -1.76. The van der Waals surface area contributed by atoms with Crippen LogP contribution in [0.3, 0.4) is 0 Å². The number of sulfonamides is 1. The molecule has 0 spiro atoms. The number of amides is 1. The predicted molar refractivity (Wildman–Crippen MR) is 184 cm³/mol. The third-order valence-electron chi connectivity index (χ3n) is 10.9. The average molecular weight is 695 g/mol. The fraction of sp³-hybridized carbons (Fsp3) is 0.771. The molecule has 1 saturated carbocycles. The number of carbonyl (C=O) groups excluding carboxylic acids is 2. The number of methoxy groups -OCH3 is 1. The largest absolute Gasteiger partial charge is 0.469 e. The summed E-state index contributed by atoms with van der Waals surface area (Å²) >= 11 is 6.30. The normalized spacial score (nSPS) is 31.3. The standard InChI is InChI=1S/C35H55ClN4O6S/c1-35(2)21-26(17-19-46-35)32(25-11-14-27(36)15-12-25)33(37-18-5-10-31(41)45-3)34(42)39-30-9-4-7-24(30)13-16-29-22-38-28-8-6-20-47(43,44)40(29)23-28/h11-12,14-15,24,26,28-30,32-33,37-38H,4-10,13,16-23H2,1-3H3,(H,39,42). The van der Waals surface area contributed by atoms with Crippen molar-refractivity contribution in [2.75, 3.05) is 39.1 Å². The molecule has 12 heteroatoms. The van der Waals surface area contributed by atoms with Crippen molar-refractivity contribution < 1.29 is 27.5 Å². The lowest BCUT2D eigenvalue weighted by molar-refractivity contribution is -0.140. The third-order valence-corrected chi connectivity index (χ3v) is 13.1. The molecule has 5 rings (SSSR count). The molecule has 3 saturated heterocycles. The Labute approximate surface area is 286 Å². The summed E-state index contributed by atoms with van der Waals surface area (Å²) in [6, 6.07) is 7.56. The first-order valence-electron chi connectivity index (χ1n) is 17.7. The number of fused-ring (bicyclic) bond motifs is 2. The summed E-state index contributed by atoms with van der Waals surface area (Å²) in [6.45, 7) is 6.61. The lowest BCUT2D eigenvalue weighted by atomic mass is 9.73. The van der Waals surface area contributed by atoms with Gasteiger partial charge in [0.2, 0.25) is 15.9 Å². The van der Waals surface area contributed by atoms with Crippen LogP contribution < -0.4 is 16.0 Å². The molecule has 1 aromatic carbocycles. The molecule has 2 bridgehead atoms. The van der Waals surface area contributed by atoms with Gasteiger partial charge in [0.15, 0.2) is 0 Å². The summed E-state index contributed by atoms with van der Waals surface area (Å²) in [6.07, 6.45) is 8.74. The highest BCUT2D eigenvalue weighted by atomic mass is 35.5. The van der Waals surface area contributed by atoms with Crippen LogP contribution in [0.2, 0.25) is 5.02 Å². The van der Waals surface area contributed by atoms with Gasteiger partial charge in [0, 0.05) is 55.2 Å². The topological polar surface area (TPSA) is 126 Å². The first-order chi connectivity index (χ1) is 22.5. The Morgan fingerprint density at radius 2 is 1.91 bits per heavy atom. The molecular weight excluding hydrogens is 640 g/mol. The molecule has 47 heavy (non-hydrogen) atoms. The monoisotopic (exact) mass is 694 g/mol. The molecule has 8 unspecified atom stereocenters. The predicted octanol–water partition coefficient (Wildman–Crippen LogP) is 4.37. The summed E-state index contributed by atoms with van der Waals surface area (Å²) in [5, 5.41) is 11.3. The van der Waals surface area contributed by atoms with Crippen molar-refractivity contribution >= 4 is 33.5 Å². The molecule has 4 fully saturated rings. The van der Waals surface area contributed by atoms with Crippen LogP contribution in [0.5, 0.6) is 0 Å². The molecule has 10 nitrogen and oxygen atoms in total. The van der Waals surface area contributed by atoms with Gasteiger partial charge in [0.1, 0.15) is 0 Å². The Balaban J connectivity index is 1.32. The molecule has 3 N–H and O–H groups in total. The Kier molecular flexibility index (Phi) is 12.7. The second kappa shape index (κ2) is 16.3. The molecule has 4 aliphatic rings. The highest BCUT2D eigenvalue weighted by Gasteiger charge is 2.42. The van der Waals surface area contributed by atoms with E-state index in [1.165, 1.54) is 7.11 Å². The van der Waals surface area contributed by atoms with E-state index in [0.29, 0.717) is 50.0 Å². The molecule has 8 atom stereocenters. The number of carbonyl (C=O) groups is 2. The van der Waals surface area contributed by atoms with Gasteiger partial charge in [0.25, 0.3) is 0 Å². The van der Waals surface area contributed by atoms with Gasteiger partial charge in [-0.25, -0.2) is 8.42 Å². The highest BCUT2D eigenvalue weighted by molar-refractivity contribution is 7.89. The zero-order chi connectivity index (χ0) is 33.6. The minimum Gasteiger partial charge on any atom is -0.469 e. The quantitative estimate of drug-likeness (QED) is 0.205. The number of benzene rings is 1. The number of piperazine rings is 1. The minimum absolute atomic E-state index is 0.0264. The Morgan fingerprint density at radius 1 is 1.13 bits per heavy atom. The van der Waals surface area contributed by atoms with Crippen LogP contribution in [0.4, 0.5) is 0 Å². The summed E-state index contributed by atoms with van der Waals surface area (Å²) in [5.74, 6) is 0.309. The van der Waals surface area contributed by atoms with Crippen LogP contribution in [0.15, 0.2) is 24.3 Å². The van der Waals surface area contributed by atoms with Crippen LogP contribution >= 0.6 is 11.6 Å². The van der Waals surface area contributed by atoms with E-state index in [4.69, 9.17) is 21.1 Å². The van der Waals surface area contributed by atoms with Crippen molar-refractivity contribution in [3.63, 3.8) is 0 Å². The number of nitrogens with zero attached hydrogens (tertiary/aromatic N) is 1. The van der Waals surface area contributed by atoms with Gasteiger partial charge in [-0.3, -0.25) is 9.59 Å². The first kappa shape index (κ1) is 36.5. The average Bonchev–Trinajstić information content (AvgIpc) is 3.43. The summed E-state index contributed by atoms with van der Waals surface area (Å²) in [5.41, 5.74) is 0.757. The van der Waals surface area contributed by atoms with Gasteiger partial charge in [-0.15, -0.1) is 0 Å². The second-order valence-corrected chi connectivity index (χ2v) is 17.2. The van der Waals surface area contributed by atoms with Crippen LogP contribution in [0.1, 0.15) is 96.0 Å². The molecule has 0 radical (unpaired) electrons. The summed E-state index contributed by atoms with van der Waals surface area (Å²) in [7, 11) is -1.85. The van der Waals surface area contributed by atoms with E-state index in [0.717, 1.165) is 56.9 Å². The van der Waals surface area contributed by atoms with Gasteiger partial charge in [-0.2, -0.15) is 4.31 Å². The van der Waals surface area contributed by atoms with Crippen LogP contribution in [-0.4, -0.2) is 93.5 Å². The van der Waals surface area contributed by atoms with Gasteiger partial charge in [0.05, 0.1) is 24.5 Å². The maximum absolute atomic E-state index is 14.5. The molecule has 0 aromatic heterocycles. The smallest absolute Gasteiger partial charge is 0.305 e. The van der Waals surface area contributed by atoms with Crippen molar-refractivity contribution in [1.29, 1.82) is 0 Å². The van der Waals surface area contributed by atoms with E-state index < -0.39 is 16.1 Å². The Bertz CT molecular complexity index is 1310. The first-order valence-corrected chi connectivity index (χ1v) is 19.7. The van der Waals surface area contributed by atoms with Crippen LogP contribution in [-0.2, 0) is 29.1 Å². The van der Waals surface area contributed by atoms with Crippen LogP contribution in [0.25, 0.3) is 0 Å². The van der Waals surface area contributed by atoms with Gasteiger partial charge in [-0.05, 0) is 108 Å². The molecule has 1 amide bonds. The number of nitrogens with one attached hydrogen (secondary N) is 3. The molecule has 1 aromatic rings. The minimum atomic E-state index is -3.24. The van der Waals surface area contributed by atoms with E-state index in [-0.39, 0.29) is 59.6 Å². The third kappa shape index (κ3) is 9.69. The van der Waals surface area contributed by atoms with E-state index >= 15 is 0 Å². The molecule has 1 aliphatic carbocycles. The number of hydrogen-bond acceptors (Lipinski definition) is 8. The highest BCUT2D eigenvalue weighted by Crippen LogP contribution is 2.41. The molecular formula is C35H55ClN4O6S. The van der Waals surface area contributed by atoms with Gasteiger partial charge in [-0.1, -0.05) is 30.2 Å². The van der Waals surface area contributed by atoms with E-state index in [1.807, 2.05) is 24.3 Å². The van der Waals surface area contributed by atoms with E-state index in [1.54, 1.807) is 4.31 Å². The SMILES string of the molecule is COC(=O)CCCNC(C(=O)NC1CCCC1CCC1CNC2CCCS(=O)(=O)N1C2)C(c1ccc(Cl)cc1)C1CCOC(C)(C)C1. The zero-order valence-corrected chi connectivity index (χ0v) is 29.9. The fourth-order valence-electron chi connectivity index (χ4n) is 8.48. The maximum Gasteiger partial charge on any atom is 0.305 e. The van der Waals surface area contributed by atoms with E-state index in [2.05, 4.69) is 29.8 Å². The fourth-order valence-corrected chi connectivity index (χ4v) is 10.4. The Morgan fingerprint density at radius 3 is 2.66 bits per heavy atom. The number of hydrogen-bond donors (Lipinski definition) is 3. The molecule has 3 aliphatic heterocycles. The van der Waals surface area contributed by atoms with Crippen molar-refractivity contribution in [3.8, 4) is 0 Å². The zero-order valence-electron chi connectivity index (χ0n) is 28.3. The molecule has 3 heterocycles. The van der Waals surface area contributed by atoms with Crippen molar-refractivity contribution in [1.82, 2.24) is 20.3 Å². The molecule has 264 valence electrons. The lowest BCUT2D eigenvalue weighted by Crippen LogP contribution is -2.57.